The van der Waals surface area contributed by atoms with Gasteiger partial charge in [-0.2, -0.15) is 5.10 Å². The Morgan fingerprint density at radius 2 is 2.05 bits per heavy atom. The van der Waals surface area contributed by atoms with E-state index in [-0.39, 0.29) is 11.2 Å². The van der Waals surface area contributed by atoms with Crippen molar-refractivity contribution in [3.8, 4) is 11.3 Å². The number of benzene rings is 1. The molecular weight excluding hydrogens is 245 g/mol. The van der Waals surface area contributed by atoms with Crippen molar-refractivity contribution >= 4 is 5.69 Å². The fourth-order valence-electron chi connectivity index (χ4n) is 1.78. The van der Waals surface area contributed by atoms with Crippen molar-refractivity contribution < 1.29 is 4.39 Å². The fraction of sp³-hybridized carbons (Fsp3) is 0.286. The summed E-state index contributed by atoms with van der Waals surface area (Å²) in [5, 5.41) is 4.28. The van der Waals surface area contributed by atoms with Gasteiger partial charge in [0, 0.05) is 18.2 Å². The first-order valence-electron chi connectivity index (χ1n) is 6.11. The molecule has 100 valence electrons. The third-order valence-corrected chi connectivity index (χ3v) is 2.70. The number of anilines is 1. The first kappa shape index (κ1) is 13.3. The lowest BCUT2D eigenvalue weighted by Crippen LogP contribution is -2.24. The van der Waals surface area contributed by atoms with Gasteiger partial charge in [-0.15, -0.1) is 0 Å². The predicted octanol–water partition coefficient (Wildman–Crippen LogP) is 2.29. The van der Waals surface area contributed by atoms with Crippen molar-refractivity contribution in [2.75, 3.05) is 5.73 Å². The third kappa shape index (κ3) is 2.99. The summed E-state index contributed by atoms with van der Waals surface area (Å²) in [6, 6.07) is 7.49. The molecular formula is C14H16FN3O. The van der Waals surface area contributed by atoms with Crippen molar-refractivity contribution in [2.24, 2.45) is 5.92 Å². The van der Waals surface area contributed by atoms with E-state index in [4.69, 9.17) is 5.73 Å². The molecule has 0 radical (unpaired) electrons. The van der Waals surface area contributed by atoms with Crippen LogP contribution in [0.4, 0.5) is 10.1 Å². The molecule has 1 aromatic heterocycles. The first-order valence-corrected chi connectivity index (χ1v) is 6.11. The summed E-state index contributed by atoms with van der Waals surface area (Å²) in [6.45, 7) is 4.57. The van der Waals surface area contributed by atoms with E-state index >= 15 is 0 Å². The number of aromatic nitrogens is 2. The van der Waals surface area contributed by atoms with Gasteiger partial charge in [-0.3, -0.25) is 4.79 Å². The summed E-state index contributed by atoms with van der Waals surface area (Å²) in [5.41, 5.74) is 6.75. The molecule has 2 aromatic rings. The Labute approximate surface area is 110 Å². The molecule has 4 nitrogen and oxygen atoms in total. The van der Waals surface area contributed by atoms with Crippen LogP contribution < -0.4 is 11.3 Å². The van der Waals surface area contributed by atoms with Crippen LogP contribution in [0, 0.1) is 11.7 Å². The largest absolute Gasteiger partial charge is 0.396 e. The zero-order valence-electron chi connectivity index (χ0n) is 10.9. The minimum absolute atomic E-state index is 0.0703. The zero-order chi connectivity index (χ0) is 14.0. The minimum Gasteiger partial charge on any atom is -0.396 e. The molecule has 19 heavy (non-hydrogen) atoms. The van der Waals surface area contributed by atoms with Gasteiger partial charge in [0.15, 0.2) is 0 Å². The molecule has 0 unspecified atom stereocenters. The van der Waals surface area contributed by atoms with Crippen LogP contribution in [-0.4, -0.2) is 9.78 Å². The summed E-state index contributed by atoms with van der Waals surface area (Å²) in [4.78, 5) is 11.7. The van der Waals surface area contributed by atoms with Crippen LogP contribution in [0.1, 0.15) is 13.8 Å². The highest BCUT2D eigenvalue weighted by atomic mass is 19.1. The van der Waals surface area contributed by atoms with Gasteiger partial charge in [0.2, 0.25) is 0 Å². The molecule has 0 fully saturated rings. The Bertz CT molecular complexity index is 649. The normalized spacial score (nSPS) is 10.9. The smallest absolute Gasteiger partial charge is 0.266 e. The lowest BCUT2D eigenvalue weighted by molar-refractivity contribution is 0.465. The SMILES string of the molecule is CC(C)Cn1nc(-c2ccc(F)c(N)c2)ccc1=O. The van der Waals surface area contributed by atoms with Gasteiger partial charge < -0.3 is 5.73 Å². The lowest BCUT2D eigenvalue weighted by Gasteiger charge is -2.09. The summed E-state index contributed by atoms with van der Waals surface area (Å²) in [6.07, 6.45) is 0. The molecule has 0 spiro atoms. The zero-order valence-corrected chi connectivity index (χ0v) is 10.9. The quantitative estimate of drug-likeness (QED) is 0.862. The van der Waals surface area contributed by atoms with Gasteiger partial charge in [-0.05, 0) is 30.2 Å². The number of nitrogen functional groups attached to an aromatic ring is 1. The molecule has 0 saturated heterocycles. The molecule has 0 amide bonds. The molecule has 0 bridgehead atoms. The summed E-state index contributed by atoms with van der Waals surface area (Å²) in [7, 11) is 0. The topological polar surface area (TPSA) is 60.9 Å². The van der Waals surface area contributed by atoms with Gasteiger partial charge in [0.25, 0.3) is 5.56 Å². The monoisotopic (exact) mass is 261 g/mol. The average Bonchev–Trinajstić information content (AvgIpc) is 2.35. The average molecular weight is 261 g/mol. The molecule has 5 heteroatoms. The van der Waals surface area contributed by atoms with E-state index in [1.807, 2.05) is 13.8 Å². The fourth-order valence-corrected chi connectivity index (χ4v) is 1.78. The first-order chi connectivity index (χ1) is 8.97. The summed E-state index contributed by atoms with van der Waals surface area (Å²) >= 11 is 0. The molecule has 1 aromatic carbocycles. The highest BCUT2D eigenvalue weighted by Gasteiger charge is 2.07. The molecule has 0 aliphatic rings. The van der Waals surface area contributed by atoms with Crippen LogP contribution in [0.15, 0.2) is 35.1 Å². The Hall–Kier alpha value is -2.17. The Balaban J connectivity index is 2.45. The second kappa shape index (κ2) is 5.22. The second-order valence-corrected chi connectivity index (χ2v) is 4.87. The van der Waals surface area contributed by atoms with Gasteiger partial charge in [-0.1, -0.05) is 13.8 Å². The van der Waals surface area contributed by atoms with E-state index in [0.717, 1.165) is 0 Å². The van der Waals surface area contributed by atoms with Crippen molar-refractivity contribution in [2.45, 2.75) is 20.4 Å². The molecule has 2 rings (SSSR count). The van der Waals surface area contributed by atoms with E-state index in [2.05, 4.69) is 5.10 Å². The molecule has 0 aliphatic heterocycles. The number of nitrogens with zero attached hydrogens (tertiary/aromatic N) is 2. The highest BCUT2D eigenvalue weighted by Crippen LogP contribution is 2.20. The van der Waals surface area contributed by atoms with Crippen LogP contribution in [0.2, 0.25) is 0 Å². The van der Waals surface area contributed by atoms with E-state index in [1.165, 1.54) is 22.9 Å². The molecule has 1 heterocycles. The van der Waals surface area contributed by atoms with Crippen molar-refractivity contribution in [3.63, 3.8) is 0 Å². The van der Waals surface area contributed by atoms with E-state index in [1.54, 1.807) is 12.1 Å². The van der Waals surface area contributed by atoms with E-state index < -0.39 is 5.82 Å². The molecule has 0 saturated carbocycles. The minimum atomic E-state index is -0.459. The van der Waals surface area contributed by atoms with Crippen LogP contribution in [0.5, 0.6) is 0 Å². The lowest BCUT2D eigenvalue weighted by atomic mass is 10.1. The van der Waals surface area contributed by atoms with Gasteiger partial charge in [0.05, 0.1) is 11.4 Å². The molecule has 2 N–H and O–H groups in total. The maximum atomic E-state index is 13.1. The van der Waals surface area contributed by atoms with Crippen LogP contribution in [-0.2, 0) is 6.54 Å². The summed E-state index contributed by atoms with van der Waals surface area (Å²) < 4.78 is 14.5. The summed E-state index contributed by atoms with van der Waals surface area (Å²) in [5.74, 6) is -0.141. The Morgan fingerprint density at radius 3 is 2.68 bits per heavy atom. The van der Waals surface area contributed by atoms with E-state index in [9.17, 15) is 9.18 Å². The number of hydrogen-bond acceptors (Lipinski definition) is 3. The number of rotatable bonds is 3. The Kier molecular flexibility index (Phi) is 3.64. The molecule has 0 aliphatic carbocycles. The maximum Gasteiger partial charge on any atom is 0.266 e. The van der Waals surface area contributed by atoms with Crippen LogP contribution in [0.3, 0.4) is 0 Å². The van der Waals surface area contributed by atoms with Crippen LogP contribution in [0.25, 0.3) is 11.3 Å². The highest BCUT2D eigenvalue weighted by molar-refractivity contribution is 5.63. The van der Waals surface area contributed by atoms with Crippen molar-refractivity contribution in [1.29, 1.82) is 0 Å². The Morgan fingerprint density at radius 1 is 1.32 bits per heavy atom. The van der Waals surface area contributed by atoms with Gasteiger partial charge in [-0.25, -0.2) is 9.07 Å². The second-order valence-electron chi connectivity index (χ2n) is 4.87. The molecule has 0 atom stereocenters. The van der Waals surface area contributed by atoms with Gasteiger partial charge in [0.1, 0.15) is 5.82 Å². The number of halogens is 1. The number of hydrogen-bond donors (Lipinski definition) is 1. The maximum absolute atomic E-state index is 13.1. The van der Waals surface area contributed by atoms with E-state index in [0.29, 0.717) is 23.7 Å². The van der Waals surface area contributed by atoms with Crippen LogP contribution >= 0.6 is 0 Å². The number of nitrogens with two attached hydrogens (primary N) is 1. The van der Waals surface area contributed by atoms with Crippen molar-refractivity contribution in [3.05, 3.63) is 46.5 Å². The third-order valence-electron chi connectivity index (χ3n) is 2.70. The van der Waals surface area contributed by atoms with Gasteiger partial charge >= 0.3 is 0 Å². The standard InChI is InChI=1S/C14H16FN3O/c1-9(2)8-18-14(19)6-5-13(17-18)10-3-4-11(15)12(16)7-10/h3-7,9H,8,16H2,1-2H3. The van der Waals surface area contributed by atoms with Crippen molar-refractivity contribution in [1.82, 2.24) is 9.78 Å². The predicted molar refractivity (Wildman–Crippen MR) is 73.1 cm³/mol.